The molecule has 2 aromatic rings. The molecule has 7 heteroatoms. The third kappa shape index (κ3) is 2.19. The van der Waals surface area contributed by atoms with Gasteiger partial charge in [-0.25, -0.2) is 5.10 Å². The second-order valence-corrected chi connectivity index (χ2v) is 4.14. The lowest BCUT2D eigenvalue weighted by atomic mass is 10.2. The summed E-state index contributed by atoms with van der Waals surface area (Å²) in [7, 11) is 0. The second-order valence-electron chi connectivity index (χ2n) is 3.76. The Morgan fingerprint density at radius 1 is 1.41 bits per heavy atom. The number of rotatable bonds is 3. The van der Waals surface area contributed by atoms with Crippen molar-refractivity contribution in [2.24, 2.45) is 0 Å². The van der Waals surface area contributed by atoms with Crippen LogP contribution in [0.25, 0.3) is 11.4 Å². The number of hydrogen-bond acceptors (Lipinski definition) is 4. The molecular weight excluding hydrogens is 238 g/mol. The molecule has 6 nitrogen and oxygen atoms in total. The Morgan fingerprint density at radius 3 is 2.88 bits per heavy atom. The summed E-state index contributed by atoms with van der Waals surface area (Å²) in [5.41, 5.74) is 0.955. The van der Waals surface area contributed by atoms with E-state index in [1.54, 1.807) is 6.07 Å². The van der Waals surface area contributed by atoms with Gasteiger partial charge in [0.05, 0.1) is 11.3 Å². The Bertz CT molecular complexity index is 639. The molecule has 0 bridgehead atoms. The highest BCUT2D eigenvalue weighted by Gasteiger charge is 2.12. The molecule has 0 aliphatic heterocycles. The van der Waals surface area contributed by atoms with Crippen LogP contribution in [0.2, 0.25) is 0 Å². The summed E-state index contributed by atoms with van der Waals surface area (Å²) in [4.78, 5) is 11.7. The predicted octanol–water partition coefficient (Wildman–Crippen LogP) is 1.41. The fourth-order valence-electron chi connectivity index (χ4n) is 1.63. The minimum Gasteiger partial charge on any atom is -0.300 e. The Kier molecular flexibility index (Phi) is 3.19. The van der Waals surface area contributed by atoms with Crippen LogP contribution in [-0.2, 0) is 6.54 Å². The fraction of sp³-hybridized carbons (Fsp3) is 0.400. The molecule has 0 radical (unpaired) electrons. The van der Waals surface area contributed by atoms with Gasteiger partial charge in [-0.05, 0) is 31.6 Å². The molecule has 0 saturated carbocycles. The summed E-state index contributed by atoms with van der Waals surface area (Å²) in [6, 6.07) is 1.70. The van der Waals surface area contributed by atoms with Gasteiger partial charge in [0.25, 0.3) is 5.56 Å². The maximum Gasteiger partial charge on any atom is 0.275 e. The van der Waals surface area contributed by atoms with Crippen molar-refractivity contribution in [2.45, 2.75) is 26.8 Å². The summed E-state index contributed by atoms with van der Waals surface area (Å²) in [5, 5.41) is 13.1. The van der Waals surface area contributed by atoms with Crippen molar-refractivity contribution in [2.75, 3.05) is 0 Å². The lowest BCUT2D eigenvalue weighted by molar-refractivity contribution is 0.674. The van der Waals surface area contributed by atoms with Crippen molar-refractivity contribution < 1.29 is 0 Å². The molecule has 0 aliphatic rings. The van der Waals surface area contributed by atoms with Crippen LogP contribution < -0.4 is 5.56 Å². The SMILES string of the molecule is CCCn1c(-c2cc(C)n[nH]c2=O)n[nH]c1=S. The van der Waals surface area contributed by atoms with Gasteiger partial charge in [0.2, 0.25) is 0 Å². The smallest absolute Gasteiger partial charge is 0.275 e. The maximum atomic E-state index is 11.7. The molecule has 90 valence electrons. The van der Waals surface area contributed by atoms with Crippen LogP contribution in [0.3, 0.4) is 0 Å². The van der Waals surface area contributed by atoms with Crippen LogP contribution in [0, 0.1) is 11.7 Å². The largest absolute Gasteiger partial charge is 0.300 e. The van der Waals surface area contributed by atoms with Crippen LogP contribution in [0.15, 0.2) is 10.9 Å². The van der Waals surface area contributed by atoms with E-state index in [0.29, 0.717) is 16.2 Å². The maximum absolute atomic E-state index is 11.7. The van der Waals surface area contributed by atoms with E-state index in [1.807, 2.05) is 18.4 Å². The van der Waals surface area contributed by atoms with E-state index < -0.39 is 0 Å². The van der Waals surface area contributed by atoms with Gasteiger partial charge < -0.3 is 4.57 Å². The van der Waals surface area contributed by atoms with Crippen LogP contribution in [0.5, 0.6) is 0 Å². The monoisotopic (exact) mass is 251 g/mol. The van der Waals surface area contributed by atoms with Crippen LogP contribution in [0.4, 0.5) is 0 Å². The molecule has 0 amide bonds. The first kappa shape index (κ1) is 11.7. The third-order valence-electron chi connectivity index (χ3n) is 2.38. The molecule has 0 atom stereocenters. The summed E-state index contributed by atoms with van der Waals surface area (Å²) in [6.45, 7) is 4.58. The molecule has 17 heavy (non-hydrogen) atoms. The van der Waals surface area contributed by atoms with Gasteiger partial charge in [-0.1, -0.05) is 6.92 Å². The number of aromatic nitrogens is 5. The highest BCUT2D eigenvalue weighted by molar-refractivity contribution is 7.71. The Hall–Kier alpha value is -1.76. The first-order valence-corrected chi connectivity index (χ1v) is 5.76. The quantitative estimate of drug-likeness (QED) is 0.808. The van der Waals surface area contributed by atoms with Gasteiger partial charge >= 0.3 is 0 Å². The molecule has 2 N–H and O–H groups in total. The average molecular weight is 251 g/mol. The molecule has 0 unspecified atom stereocenters. The van der Waals surface area contributed by atoms with Gasteiger partial charge in [-0.15, -0.1) is 0 Å². The standard InChI is InChI=1S/C10H13N5OS/c1-3-4-15-8(12-14-10(15)17)7-5-6(2)11-13-9(7)16/h5H,3-4H2,1-2H3,(H,13,16)(H,14,17). The third-order valence-corrected chi connectivity index (χ3v) is 2.69. The van der Waals surface area contributed by atoms with Gasteiger partial charge in [0, 0.05) is 6.54 Å². The van der Waals surface area contributed by atoms with E-state index in [0.717, 1.165) is 18.7 Å². The minimum atomic E-state index is -0.262. The zero-order chi connectivity index (χ0) is 12.4. The van der Waals surface area contributed by atoms with Crippen molar-refractivity contribution in [1.29, 1.82) is 0 Å². The molecule has 2 heterocycles. The number of nitrogens with one attached hydrogen (secondary N) is 2. The number of aryl methyl sites for hydroxylation is 1. The highest BCUT2D eigenvalue weighted by Crippen LogP contribution is 2.13. The van der Waals surface area contributed by atoms with Crippen molar-refractivity contribution in [1.82, 2.24) is 25.0 Å². The number of aromatic amines is 2. The fourth-order valence-corrected chi connectivity index (χ4v) is 1.85. The molecule has 0 fully saturated rings. The average Bonchev–Trinajstić information content (AvgIpc) is 2.65. The highest BCUT2D eigenvalue weighted by atomic mass is 32.1. The van der Waals surface area contributed by atoms with E-state index in [-0.39, 0.29) is 5.56 Å². The summed E-state index contributed by atoms with van der Waals surface area (Å²) < 4.78 is 2.34. The van der Waals surface area contributed by atoms with Crippen LogP contribution >= 0.6 is 12.2 Å². The van der Waals surface area contributed by atoms with Gasteiger partial charge in [-0.2, -0.15) is 10.2 Å². The summed E-state index contributed by atoms with van der Waals surface area (Å²) in [5.74, 6) is 0.559. The Balaban J connectivity index is 2.64. The molecule has 2 aromatic heterocycles. The Labute approximate surface area is 103 Å². The van der Waals surface area contributed by atoms with Crippen molar-refractivity contribution in [3.05, 3.63) is 26.9 Å². The van der Waals surface area contributed by atoms with Crippen LogP contribution in [0.1, 0.15) is 19.0 Å². The zero-order valence-electron chi connectivity index (χ0n) is 9.65. The summed E-state index contributed by atoms with van der Waals surface area (Å²) in [6.07, 6.45) is 0.919. The van der Waals surface area contributed by atoms with Gasteiger partial charge in [0.15, 0.2) is 10.6 Å². The van der Waals surface area contributed by atoms with Crippen molar-refractivity contribution >= 4 is 12.2 Å². The van der Waals surface area contributed by atoms with Crippen molar-refractivity contribution in [3.63, 3.8) is 0 Å². The van der Waals surface area contributed by atoms with E-state index in [9.17, 15) is 4.79 Å². The normalized spacial score (nSPS) is 10.7. The first-order chi connectivity index (χ1) is 8.13. The van der Waals surface area contributed by atoms with E-state index in [2.05, 4.69) is 20.4 Å². The molecule has 0 aliphatic carbocycles. The molecule has 2 rings (SSSR count). The number of hydrogen-bond donors (Lipinski definition) is 2. The molecule has 0 spiro atoms. The lowest BCUT2D eigenvalue weighted by Crippen LogP contribution is -2.14. The lowest BCUT2D eigenvalue weighted by Gasteiger charge is -2.04. The minimum absolute atomic E-state index is 0.262. The van der Waals surface area contributed by atoms with Crippen molar-refractivity contribution in [3.8, 4) is 11.4 Å². The first-order valence-electron chi connectivity index (χ1n) is 5.35. The topological polar surface area (TPSA) is 79.4 Å². The predicted molar refractivity (Wildman–Crippen MR) is 66.3 cm³/mol. The molecule has 0 aromatic carbocycles. The molecule has 0 saturated heterocycles. The molecular formula is C10H13N5OS. The van der Waals surface area contributed by atoms with E-state index in [1.165, 1.54) is 0 Å². The zero-order valence-corrected chi connectivity index (χ0v) is 10.5. The Morgan fingerprint density at radius 2 is 2.18 bits per heavy atom. The van der Waals surface area contributed by atoms with Gasteiger partial charge in [-0.3, -0.25) is 9.89 Å². The van der Waals surface area contributed by atoms with E-state index in [4.69, 9.17) is 12.2 Å². The van der Waals surface area contributed by atoms with Gasteiger partial charge in [0.1, 0.15) is 0 Å². The second kappa shape index (κ2) is 4.62. The number of H-pyrrole nitrogens is 2. The number of nitrogens with zero attached hydrogens (tertiary/aromatic N) is 3. The summed E-state index contributed by atoms with van der Waals surface area (Å²) >= 11 is 5.13. The van der Waals surface area contributed by atoms with Crippen LogP contribution in [-0.4, -0.2) is 25.0 Å². The van der Waals surface area contributed by atoms with E-state index >= 15 is 0 Å².